The molecule has 0 spiro atoms. The minimum atomic E-state index is -4.41. The second kappa shape index (κ2) is 6.78. The molecule has 2 aromatic carbocycles. The summed E-state index contributed by atoms with van der Waals surface area (Å²) in [6, 6.07) is 9.17. The number of thioether (sulfide) groups is 1. The van der Waals surface area contributed by atoms with Gasteiger partial charge in [-0.15, -0.1) is 11.8 Å². The second-order valence-corrected chi connectivity index (χ2v) is 8.29. The second-order valence-electron chi connectivity index (χ2n) is 7.41. The van der Waals surface area contributed by atoms with E-state index in [1.165, 1.54) is 11.8 Å². The first-order valence-corrected chi connectivity index (χ1v) is 9.63. The molecule has 0 bridgehead atoms. The molecule has 0 saturated heterocycles. The van der Waals surface area contributed by atoms with E-state index < -0.39 is 17.8 Å². The summed E-state index contributed by atoms with van der Waals surface area (Å²) in [7, 11) is 0. The van der Waals surface area contributed by atoms with Crippen LogP contribution in [-0.4, -0.2) is 17.5 Å². The quantitative estimate of drug-likeness (QED) is 0.628. The van der Waals surface area contributed by atoms with Gasteiger partial charge in [0.1, 0.15) is 0 Å². The van der Waals surface area contributed by atoms with Crippen molar-refractivity contribution in [2.24, 2.45) is 5.41 Å². The van der Waals surface area contributed by atoms with Crippen LogP contribution in [0.5, 0.6) is 0 Å². The molecule has 0 aliphatic heterocycles. The van der Waals surface area contributed by atoms with Crippen LogP contribution in [0.15, 0.2) is 41.3 Å². The van der Waals surface area contributed by atoms with E-state index in [2.05, 4.69) is 5.32 Å². The zero-order chi connectivity index (χ0) is 20.0. The molecular formula is C20H20F3NO2S. The molecule has 0 fully saturated rings. The summed E-state index contributed by atoms with van der Waals surface area (Å²) in [5, 5.41) is 11.7. The summed E-state index contributed by atoms with van der Waals surface area (Å²) in [5.74, 6) is 0. The molecule has 0 heterocycles. The number of carboxylic acid groups (broad SMARTS) is 1. The molecule has 27 heavy (non-hydrogen) atoms. The van der Waals surface area contributed by atoms with Crippen molar-refractivity contribution in [3.05, 3.63) is 53.1 Å². The Kier molecular flexibility index (Phi) is 4.93. The van der Waals surface area contributed by atoms with Gasteiger partial charge in [-0.3, -0.25) is 0 Å². The van der Waals surface area contributed by atoms with E-state index in [0.29, 0.717) is 22.4 Å². The minimum absolute atomic E-state index is 0.308. The van der Waals surface area contributed by atoms with Crippen molar-refractivity contribution in [3.8, 4) is 11.1 Å². The van der Waals surface area contributed by atoms with Gasteiger partial charge in [0.2, 0.25) is 0 Å². The summed E-state index contributed by atoms with van der Waals surface area (Å²) in [6.07, 6.45) is -3.11. The zero-order valence-corrected chi connectivity index (χ0v) is 16.0. The van der Waals surface area contributed by atoms with Gasteiger partial charge in [-0.2, -0.15) is 13.2 Å². The van der Waals surface area contributed by atoms with Crippen molar-refractivity contribution < 1.29 is 23.1 Å². The number of benzene rings is 2. The molecule has 1 atom stereocenters. The molecule has 0 aromatic heterocycles. The molecule has 2 N–H and O–H groups in total. The van der Waals surface area contributed by atoms with E-state index in [-0.39, 0.29) is 11.5 Å². The minimum Gasteiger partial charge on any atom is -0.465 e. The molecule has 0 saturated carbocycles. The molecule has 1 amide bonds. The standard InChI is InChI=1S/C20H20F3NO2S/c1-19(2)10-13-6-11(4-5-16(13)17(19)24-18(25)26)12-7-14(20(21,22)23)9-15(8-12)27-3/h4-9,17,24H,10H2,1-3H3,(H,25,26). The zero-order valence-electron chi connectivity index (χ0n) is 15.1. The number of carbonyl (C=O) groups is 1. The lowest BCUT2D eigenvalue weighted by molar-refractivity contribution is -0.137. The van der Waals surface area contributed by atoms with Crippen LogP contribution in [0.4, 0.5) is 18.0 Å². The first kappa shape index (κ1) is 19.6. The van der Waals surface area contributed by atoms with Crippen LogP contribution in [0.2, 0.25) is 0 Å². The van der Waals surface area contributed by atoms with Crippen molar-refractivity contribution in [2.75, 3.05) is 6.26 Å². The number of fused-ring (bicyclic) bond motifs is 1. The average Bonchev–Trinajstić information content (AvgIpc) is 2.82. The Balaban J connectivity index is 2.05. The highest BCUT2D eigenvalue weighted by Gasteiger charge is 2.40. The number of nitrogens with one attached hydrogen (secondary N) is 1. The van der Waals surface area contributed by atoms with E-state index >= 15 is 0 Å². The van der Waals surface area contributed by atoms with Gasteiger partial charge in [-0.1, -0.05) is 32.0 Å². The Hall–Kier alpha value is -2.15. The number of rotatable bonds is 3. The maximum atomic E-state index is 13.2. The lowest BCUT2D eigenvalue weighted by atomic mass is 9.85. The SMILES string of the molecule is CSc1cc(-c2ccc3c(c2)CC(C)(C)C3NC(=O)O)cc(C(F)(F)F)c1. The molecular weight excluding hydrogens is 375 g/mol. The van der Waals surface area contributed by atoms with Crippen LogP contribution in [0.1, 0.15) is 36.6 Å². The van der Waals surface area contributed by atoms with Crippen molar-refractivity contribution in [1.29, 1.82) is 0 Å². The normalized spacial score (nSPS) is 18.2. The highest BCUT2D eigenvalue weighted by Crippen LogP contribution is 2.46. The van der Waals surface area contributed by atoms with Crippen molar-refractivity contribution in [2.45, 2.75) is 37.4 Å². The van der Waals surface area contributed by atoms with Crippen LogP contribution in [0.25, 0.3) is 11.1 Å². The van der Waals surface area contributed by atoms with Gasteiger partial charge >= 0.3 is 12.3 Å². The average molecular weight is 395 g/mol. The molecule has 7 heteroatoms. The first-order chi connectivity index (χ1) is 12.5. The number of alkyl halides is 3. The first-order valence-electron chi connectivity index (χ1n) is 8.40. The molecule has 0 radical (unpaired) electrons. The molecule has 3 rings (SSSR count). The molecule has 144 valence electrons. The van der Waals surface area contributed by atoms with Crippen LogP contribution in [0.3, 0.4) is 0 Å². The Morgan fingerprint density at radius 3 is 2.48 bits per heavy atom. The highest BCUT2D eigenvalue weighted by molar-refractivity contribution is 7.98. The fourth-order valence-electron chi connectivity index (χ4n) is 3.68. The van der Waals surface area contributed by atoms with E-state index in [9.17, 15) is 18.0 Å². The van der Waals surface area contributed by atoms with Gasteiger partial charge in [0, 0.05) is 4.90 Å². The van der Waals surface area contributed by atoms with E-state index in [4.69, 9.17) is 5.11 Å². The van der Waals surface area contributed by atoms with Gasteiger partial charge in [0.05, 0.1) is 11.6 Å². The summed E-state index contributed by atoms with van der Waals surface area (Å²) < 4.78 is 39.7. The Morgan fingerprint density at radius 1 is 1.19 bits per heavy atom. The smallest absolute Gasteiger partial charge is 0.416 e. The predicted molar refractivity (Wildman–Crippen MR) is 100 cm³/mol. The van der Waals surface area contributed by atoms with E-state index in [1.54, 1.807) is 18.4 Å². The third-order valence-corrected chi connectivity index (χ3v) is 5.66. The van der Waals surface area contributed by atoms with Crippen molar-refractivity contribution in [1.82, 2.24) is 5.32 Å². The number of halogens is 3. The van der Waals surface area contributed by atoms with Gasteiger partial charge < -0.3 is 10.4 Å². The fraction of sp³-hybridized carbons (Fsp3) is 0.350. The van der Waals surface area contributed by atoms with Crippen LogP contribution in [-0.2, 0) is 12.6 Å². The van der Waals surface area contributed by atoms with Gasteiger partial charge in [-0.05, 0) is 58.5 Å². The fourth-order valence-corrected chi connectivity index (χ4v) is 4.17. The lowest BCUT2D eigenvalue weighted by Gasteiger charge is -2.27. The molecule has 3 nitrogen and oxygen atoms in total. The van der Waals surface area contributed by atoms with Crippen molar-refractivity contribution >= 4 is 17.9 Å². The van der Waals surface area contributed by atoms with Gasteiger partial charge in [-0.25, -0.2) is 4.79 Å². The summed E-state index contributed by atoms with van der Waals surface area (Å²) in [5.41, 5.74) is 2.06. The monoisotopic (exact) mass is 395 g/mol. The highest BCUT2D eigenvalue weighted by atomic mass is 32.2. The van der Waals surface area contributed by atoms with Crippen LogP contribution in [0, 0.1) is 5.41 Å². The summed E-state index contributed by atoms with van der Waals surface area (Å²) in [4.78, 5) is 11.7. The maximum absolute atomic E-state index is 13.2. The van der Waals surface area contributed by atoms with Gasteiger partial charge in [0.15, 0.2) is 0 Å². The van der Waals surface area contributed by atoms with Crippen LogP contribution < -0.4 is 5.32 Å². The Labute approximate surface area is 160 Å². The third kappa shape index (κ3) is 3.93. The number of hydrogen-bond donors (Lipinski definition) is 2. The Bertz CT molecular complexity index is 893. The summed E-state index contributed by atoms with van der Waals surface area (Å²) >= 11 is 1.27. The largest absolute Gasteiger partial charge is 0.465 e. The summed E-state index contributed by atoms with van der Waals surface area (Å²) in [6.45, 7) is 3.95. The maximum Gasteiger partial charge on any atom is 0.416 e. The van der Waals surface area contributed by atoms with Gasteiger partial charge in [0.25, 0.3) is 0 Å². The molecule has 1 aliphatic rings. The molecule has 1 aliphatic carbocycles. The predicted octanol–water partition coefficient (Wildman–Crippen LogP) is 5.99. The topological polar surface area (TPSA) is 49.3 Å². The lowest BCUT2D eigenvalue weighted by Crippen LogP contribution is -2.34. The number of hydrogen-bond acceptors (Lipinski definition) is 2. The Morgan fingerprint density at radius 2 is 1.89 bits per heavy atom. The third-order valence-electron chi connectivity index (χ3n) is 4.95. The van der Waals surface area contributed by atoms with E-state index in [1.807, 2.05) is 26.0 Å². The molecule has 2 aromatic rings. The van der Waals surface area contributed by atoms with E-state index in [0.717, 1.165) is 23.3 Å². The van der Waals surface area contributed by atoms with Crippen molar-refractivity contribution in [3.63, 3.8) is 0 Å². The van der Waals surface area contributed by atoms with Crippen LogP contribution >= 0.6 is 11.8 Å². The molecule has 1 unspecified atom stereocenters. The number of amides is 1.